The first kappa shape index (κ1) is 14.3. The lowest BCUT2D eigenvalue weighted by Crippen LogP contribution is -3.12. The summed E-state index contributed by atoms with van der Waals surface area (Å²) in [6, 6.07) is 18.7. The largest absolute Gasteiger partial charge is 0.334 e. The maximum atomic E-state index is 2.64. The van der Waals surface area contributed by atoms with Gasteiger partial charge in [0.25, 0.3) is 0 Å². The molecule has 2 heteroatoms. The smallest absolute Gasteiger partial charge is 0.129 e. The molecule has 3 aromatic rings. The van der Waals surface area contributed by atoms with Crippen LogP contribution in [0.1, 0.15) is 41.3 Å². The van der Waals surface area contributed by atoms with Crippen molar-refractivity contribution in [1.82, 2.24) is 4.57 Å². The van der Waals surface area contributed by atoms with Gasteiger partial charge in [-0.1, -0.05) is 42.0 Å². The van der Waals surface area contributed by atoms with Gasteiger partial charge in [0.15, 0.2) is 0 Å². The number of benzene rings is 2. The molecule has 2 aliphatic rings. The average Bonchev–Trinajstić information content (AvgIpc) is 2.93. The van der Waals surface area contributed by atoms with Crippen LogP contribution < -0.4 is 4.90 Å². The maximum Gasteiger partial charge on any atom is 0.129 e. The first-order chi connectivity index (χ1) is 11.8. The van der Waals surface area contributed by atoms with Crippen LogP contribution in [0.25, 0.3) is 10.9 Å². The van der Waals surface area contributed by atoms with Crippen LogP contribution in [0.4, 0.5) is 0 Å². The number of nitrogens with zero attached hydrogens (tertiary/aromatic N) is 1. The van der Waals surface area contributed by atoms with E-state index in [0.29, 0.717) is 6.04 Å². The molecule has 0 radical (unpaired) electrons. The SMILES string of the molecule is Cc1ccc2c(c1)c1c3n2CC[NH+](Cc2ccccc2)[C@H]3CCC1. The Morgan fingerprint density at radius 1 is 1.12 bits per heavy atom. The summed E-state index contributed by atoms with van der Waals surface area (Å²) in [4.78, 5) is 1.76. The van der Waals surface area contributed by atoms with E-state index < -0.39 is 0 Å². The quantitative estimate of drug-likeness (QED) is 0.742. The molecule has 5 rings (SSSR count). The minimum atomic E-state index is 0.676. The van der Waals surface area contributed by atoms with E-state index in [0.717, 1.165) is 13.1 Å². The van der Waals surface area contributed by atoms with Gasteiger partial charge in [0.05, 0.1) is 18.8 Å². The van der Waals surface area contributed by atoms with E-state index in [4.69, 9.17) is 0 Å². The first-order valence-corrected chi connectivity index (χ1v) is 9.31. The van der Waals surface area contributed by atoms with E-state index in [1.807, 2.05) is 0 Å². The highest BCUT2D eigenvalue weighted by Gasteiger charge is 2.37. The van der Waals surface area contributed by atoms with Crippen molar-refractivity contribution >= 4 is 10.9 Å². The molecule has 1 aliphatic carbocycles. The van der Waals surface area contributed by atoms with Crippen LogP contribution in [0.2, 0.25) is 0 Å². The van der Waals surface area contributed by atoms with Crippen molar-refractivity contribution in [2.75, 3.05) is 6.54 Å². The Balaban J connectivity index is 1.60. The van der Waals surface area contributed by atoms with Gasteiger partial charge >= 0.3 is 0 Å². The third-order valence-electron chi connectivity index (χ3n) is 6.04. The molecule has 122 valence electrons. The normalized spacial score (nSPS) is 22.5. The van der Waals surface area contributed by atoms with Gasteiger partial charge in [-0.15, -0.1) is 0 Å². The lowest BCUT2D eigenvalue weighted by atomic mass is 9.89. The lowest BCUT2D eigenvalue weighted by Gasteiger charge is -2.37. The Hall–Kier alpha value is -2.06. The van der Waals surface area contributed by atoms with Crippen LogP contribution in [0, 0.1) is 6.92 Å². The molecule has 2 aromatic carbocycles. The zero-order valence-electron chi connectivity index (χ0n) is 14.4. The van der Waals surface area contributed by atoms with E-state index >= 15 is 0 Å². The second-order valence-electron chi connectivity index (χ2n) is 7.55. The van der Waals surface area contributed by atoms with Crippen molar-refractivity contribution < 1.29 is 4.90 Å². The zero-order valence-corrected chi connectivity index (χ0v) is 14.4. The van der Waals surface area contributed by atoms with Crippen LogP contribution in [-0.4, -0.2) is 11.1 Å². The van der Waals surface area contributed by atoms with Gasteiger partial charge in [-0.3, -0.25) is 0 Å². The molecular weight excluding hydrogens is 292 g/mol. The Morgan fingerprint density at radius 2 is 2.00 bits per heavy atom. The van der Waals surface area contributed by atoms with Crippen LogP contribution in [0.15, 0.2) is 48.5 Å². The van der Waals surface area contributed by atoms with Crippen LogP contribution >= 0.6 is 0 Å². The number of hydrogen-bond acceptors (Lipinski definition) is 0. The summed E-state index contributed by atoms with van der Waals surface area (Å²) < 4.78 is 2.64. The van der Waals surface area contributed by atoms with Crippen LogP contribution in [0.3, 0.4) is 0 Å². The molecule has 0 bridgehead atoms. The van der Waals surface area contributed by atoms with Gasteiger partial charge in [-0.2, -0.15) is 0 Å². The van der Waals surface area contributed by atoms with Gasteiger partial charge in [0, 0.05) is 22.9 Å². The minimum absolute atomic E-state index is 0.676. The molecule has 1 unspecified atom stereocenters. The average molecular weight is 317 g/mol. The number of aryl methyl sites for hydroxylation is 2. The summed E-state index contributed by atoms with van der Waals surface area (Å²) in [7, 11) is 0. The van der Waals surface area contributed by atoms with E-state index in [2.05, 4.69) is 60.0 Å². The second kappa shape index (κ2) is 5.49. The summed E-state index contributed by atoms with van der Waals surface area (Å²) in [6.45, 7) is 5.78. The van der Waals surface area contributed by atoms with Gasteiger partial charge in [-0.05, 0) is 37.5 Å². The molecule has 1 N–H and O–H groups in total. The summed E-state index contributed by atoms with van der Waals surface area (Å²) in [5.41, 5.74) is 7.63. The van der Waals surface area contributed by atoms with Gasteiger partial charge in [0.1, 0.15) is 12.6 Å². The number of aromatic nitrogens is 1. The zero-order chi connectivity index (χ0) is 16.1. The number of nitrogens with one attached hydrogen (secondary N) is 1. The van der Waals surface area contributed by atoms with Crippen molar-refractivity contribution in [1.29, 1.82) is 0 Å². The predicted molar refractivity (Wildman–Crippen MR) is 98.3 cm³/mol. The molecular formula is C22H25N2+. The Bertz CT molecular complexity index is 891. The molecule has 2 atom stereocenters. The fourth-order valence-electron chi connectivity index (χ4n) is 4.98. The Morgan fingerprint density at radius 3 is 2.88 bits per heavy atom. The van der Waals surface area contributed by atoms with Crippen molar-refractivity contribution in [2.45, 2.75) is 45.3 Å². The third kappa shape index (κ3) is 2.13. The fourth-order valence-corrected chi connectivity index (χ4v) is 4.98. The van der Waals surface area contributed by atoms with Crippen LogP contribution in [0.5, 0.6) is 0 Å². The van der Waals surface area contributed by atoms with Crippen molar-refractivity contribution in [3.63, 3.8) is 0 Å². The highest BCUT2D eigenvalue weighted by Crippen LogP contribution is 2.37. The monoisotopic (exact) mass is 317 g/mol. The molecule has 0 amide bonds. The van der Waals surface area contributed by atoms with E-state index in [1.54, 1.807) is 16.2 Å². The molecule has 0 spiro atoms. The molecule has 2 nitrogen and oxygen atoms in total. The Kier molecular flexibility index (Phi) is 3.27. The van der Waals surface area contributed by atoms with Crippen molar-refractivity contribution in [3.05, 3.63) is 70.9 Å². The Labute approximate surface area is 143 Å². The predicted octanol–water partition coefficient (Wildman–Crippen LogP) is 3.43. The molecule has 0 fully saturated rings. The standard InChI is InChI=1S/C22H24N2/c1-16-10-11-20-19(14-16)18-8-5-9-21-22(18)24(20)13-12-23(21)15-17-6-3-2-4-7-17/h2-4,6-7,10-11,14,21H,5,8-9,12-13,15H2,1H3/p+1/t21-/m0/s1. The van der Waals surface area contributed by atoms with Gasteiger partial charge in [-0.25, -0.2) is 0 Å². The van der Waals surface area contributed by atoms with E-state index in [1.165, 1.54) is 47.8 Å². The second-order valence-corrected chi connectivity index (χ2v) is 7.55. The van der Waals surface area contributed by atoms with Crippen LogP contribution in [-0.2, 0) is 19.5 Å². The van der Waals surface area contributed by atoms with Crippen molar-refractivity contribution in [2.24, 2.45) is 0 Å². The highest BCUT2D eigenvalue weighted by molar-refractivity contribution is 5.86. The molecule has 2 heterocycles. The summed E-state index contributed by atoms with van der Waals surface area (Å²) in [5.74, 6) is 0. The lowest BCUT2D eigenvalue weighted by molar-refractivity contribution is -0.950. The van der Waals surface area contributed by atoms with E-state index in [9.17, 15) is 0 Å². The van der Waals surface area contributed by atoms with Crippen molar-refractivity contribution in [3.8, 4) is 0 Å². The highest BCUT2D eigenvalue weighted by atomic mass is 15.2. The first-order valence-electron chi connectivity index (χ1n) is 9.31. The fraction of sp³-hybridized carbons (Fsp3) is 0.364. The number of fused-ring (bicyclic) bond motifs is 3. The number of quaternary nitrogens is 1. The maximum absolute atomic E-state index is 2.64. The summed E-state index contributed by atoms with van der Waals surface area (Å²) in [5, 5.41) is 1.52. The van der Waals surface area contributed by atoms with Gasteiger partial charge in [0.2, 0.25) is 0 Å². The number of rotatable bonds is 2. The number of hydrogen-bond donors (Lipinski definition) is 1. The molecule has 0 saturated heterocycles. The minimum Gasteiger partial charge on any atom is -0.334 e. The molecule has 0 saturated carbocycles. The topological polar surface area (TPSA) is 9.37 Å². The van der Waals surface area contributed by atoms with E-state index in [-0.39, 0.29) is 0 Å². The van der Waals surface area contributed by atoms with Gasteiger partial charge < -0.3 is 9.47 Å². The molecule has 1 aliphatic heterocycles. The molecule has 24 heavy (non-hydrogen) atoms. The third-order valence-corrected chi connectivity index (χ3v) is 6.04. The summed E-state index contributed by atoms with van der Waals surface area (Å²) in [6.07, 6.45) is 3.94. The molecule has 1 aromatic heterocycles. The summed E-state index contributed by atoms with van der Waals surface area (Å²) >= 11 is 0.